The van der Waals surface area contributed by atoms with Gasteiger partial charge in [0.2, 0.25) is 10.7 Å². The van der Waals surface area contributed by atoms with Gasteiger partial charge in [0, 0.05) is 21.5 Å². The third kappa shape index (κ3) is 5.68. The number of nitrogens with zero attached hydrogens (tertiary/aromatic N) is 3. The lowest BCUT2D eigenvalue weighted by molar-refractivity contribution is -0.116. The summed E-state index contributed by atoms with van der Waals surface area (Å²) in [6.07, 6.45) is 0. The molecule has 4 rings (SSSR count). The molecule has 0 fully saturated rings. The molecule has 0 aliphatic carbocycles. The van der Waals surface area contributed by atoms with Crippen molar-refractivity contribution in [3.63, 3.8) is 0 Å². The van der Waals surface area contributed by atoms with Gasteiger partial charge in [0.05, 0.1) is 13.7 Å². The average molecular weight is 524 g/mol. The molecule has 0 saturated heterocycles. The van der Waals surface area contributed by atoms with Crippen LogP contribution in [-0.2, 0) is 17.9 Å². The van der Waals surface area contributed by atoms with Crippen LogP contribution in [0.25, 0.3) is 5.69 Å². The Morgan fingerprint density at radius 2 is 1.67 bits per heavy atom. The van der Waals surface area contributed by atoms with Gasteiger partial charge in [-0.1, -0.05) is 34.1 Å². The van der Waals surface area contributed by atoms with Crippen molar-refractivity contribution in [2.45, 2.75) is 13.1 Å². The normalized spacial score (nSPS) is 10.6. The van der Waals surface area contributed by atoms with Crippen molar-refractivity contribution < 1.29 is 9.53 Å². The van der Waals surface area contributed by atoms with Crippen LogP contribution < -0.4 is 15.4 Å². The number of carbonyl (C=O) groups excluding carboxylic acids is 1. The van der Waals surface area contributed by atoms with Crippen LogP contribution in [0.4, 0.5) is 11.4 Å². The molecule has 9 heteroatoms. The van der Waals surface area contributed by atoms with E-state index in [0.29, 0.717) is 22.8 Å². The van der Waals surface area contributed by atoms with E-state index in [1.807, 2.05) is 83.4 Å². The van der Waals surface area contributed by atoms with Gasteiger partial charge in [-0.05, 0) is 72.9 Å². The van der Waals surface area contributed by atoms with E-state index < -0.39 is 0 Å². The van der Waals surface area contributed by atoms with E-state index in [1.54, 1.807) is 11.8 Å². The first kappa shape index (κ1) is 22.8. The molecule has 4 aromatic rings. The average Bonchev–Trinajstić information content (AvgIpc) is 3.14. The van der Waals surface area contributed by atoms with E-state index >= 15 is 0 Å². The molecule has 1 amide bonds. The lowest BCUT2D eigenvalue weighted by atomic mass is 10.3. The Morgan fingerprint density at radius 1 is 1.00 bits per heavy atom. The minimum absolute atomic E-state index is 0.00423. The molecule has 0 atom stereocenters. The van der Waals surface area contributed by atoms with Crippen LogP contribution in [-0.4, -0.2) is 27.4 Å². The predicted molar refractivity (Wildman–Crippen MR) is 135 cm³/mol. The topological polar surface area (TPSA) is 73.1 Å². The lowest BCUT2D eigenvalue weighted by Gasteiger charge is -2.09. The molecule has 0 radical (unpaired) electrons. The number of methoxy groups -OCH3 is 1. The highest BCUT2D eigenvalue weighted by molar-refractivity contribution is 9.10. The Bertz CT molecular complexity index is 1290. The highest BCUT2D eigenvalue weighted by Crippen LogP contribution is 2.18. The standard InChI is InChI=1S/C24H22BrN5O2S/c1-32-21-13-11-18(12-14-21)26-15-22-28-29(24(33)30(22)20-5-3-2-4-6-20)16-23(31)27-19-9-7-17(25)8-10-19/h2-14,26H,15-16H2,1H3,(H,27,31). The van der Waals surface area contributed by atoms with Crippen LogP contribution in [0.5, 0.6) is 5.75 Å². The number of amides is 1. The van der Waals surface area contributed by atoms with Crippen molar-refractivity contribution in [3.05, 3.63) is 93.9 Å². The van der Waals surface area contributed by atoms with Crippen molar-refractivity contribution in [2.75, 3.05) is 17.7 Å². The lowest BCUT2D eigenvalue weighted by Crippen LogP contribution is -2.20. The van der Waals surface area contributed by atoms with Crippen LogP contribution in [0.3, 0.4) is 0 Å². The maximum atomic E-state index is 12.6. The minimum Gasteiger partial charge on any atom is -0.497 e. The molecule has 2 N–H and O–H groups in total. The van der Waals surface area contributed by atoms with E-state index in [4.69, 9.17) is 17.0 Å². The molecule has 0 bridgehead atoms. The quantitative estimate of drug-likeness (QED) is 0.301. The number of carbonyl (C=O) groups is 1. The Morgan fingerprint density at radius 3 is 2.33 bits per heavy atom. The molecule has 3 aromatic carbocycles. The van der Waals surface area contributed by atoms with Crippen LogP contribution in [0, 0.1) is 4.77 Å². The van der Waals surface area contributed by atoms with Gasteiger partial charge in [-0.3, -0.25) is 9.36 Å². The van der Waals surface area contributed by atoms with Gasteiger partial charge in [-0.25, -0.2) is 4.68 Å². The fourth-order valence-corrected chi connectivity index (χ4v) is 3.85. The van der Waals surface area contributed by atoms with E-state index in [2.05, 4.69) is 31.7 Å². The maximum Gasteiger partial charge on any atom is 0.246 e. The SMILES string of the molecule is COc1ccc(NCc2nn(CC(=O)Nc3ccc(Br)cc3)c(=S)n2-c2ccccc2)cc1. The van der Waals surface area contributed by atoms with Crippen molar-refractivity contribution in [3.8, 4) is 11.4 Å². The van der Waals surface area contributed by atoms with Crippen molar-refractivity contribution in [1.29, 1.82) is 0 Å². The van der Waals surface area contributed by atoms with Crippen molar-refractivity contribution >= 4 is 45.4 Å². The summed E-state index contributed by atoms with van der Waals surface area (Å²) in [5, 5.41) is 10.9. The zero-order valence-corrected chi connectivity index (χ0v) is 20.3. The summed E-state index contributed by atoms with van der Waals surface area (Å²) in [6, 6.07) is 24.8. The maximum absolute atomic E-state index is 12.6. The molecule has 0 spiro atoms. The number of halogens is 1. The number of aromatic nitrogens is 3. The third-order valence-corrected chi connectivity index (χ3v) is 5.80. The van der Waals surface area contributed by atoms with Gasteiger partial charge in [-0.15, -0.1) is 0 Å². The smallest absolute Gasteiger partial charge is 0.246 e. The number of ether oxygens (including phenoxy) is 1. The molecular weight excluding hydrogens is 502 g/mol. The fourth-order valence-electron chi connectivity index (χ4n) is 3.27. The van der Waals surface area contributed by atoms with E-state index in [0.717, 1.165) is 21.6 Å². The van der Waals surface area contributed by atoms with Gasteiger partial charge < -0.3 is 15.4 Å². The van der Waals surface area contributed by atoms with Crippen molar-refractivity contribution in [1.82, 2.24) is 14.3 Å². The Kier molecular flexibility index (Phi) is 7.21. The fraction of sp³-hybridized carbons (Fsp3) is 0.125. The summed E-state index contributed by atoms with van der Waals surface area (Å²) >= 11 is 9.08. The Balaban J connectivity index is 1.57. The van der Waals surface area contributed by atoms with Gasteiger partial charge in [0.1, 0.15) is 12.3 Å². The highest BCUT2D eigenvalue weighted by Gasteiger charge is 2.15. The number of hydrogen-bond acceptors (Lipinski definition) is 5. The largest absolute Gasteiger partial charge is 0.497 e. The molecule has 0 aliphatic rings. The van der Waals surface area contributed by atoms with Crippen LogP contribution in [0.15, 0.2) is 83.3 Å². The summed E-state index contributed by atoms with van der Waals surface area (Å²) in [5.74, 6) is 1.27. The minimum atomic E-state index is -0.208. The number of benzene rings is 3. The molecule has 0 aliphatic heterocycles. The first-order valence-electron chi connectivity index (χ1n) is 10.2. The van der Waals surface area contributed by atoms with Crippen LogP contribution in [0.2, 0.25) is 0 Å². The van der Waals surface area contributed by atoms with Gasteiger partial charge >= 0.3 is 0 Å². The monoisotopic (exact) mass is 523 g/mol. The second-order valence-electron chi connectivity index (χ2n) is 7.16. The van der Waals surface area contributed by atoms with E-state index in [-0.39, 0.29) is 12.5 Å². The van der Waals surface area contributed by atoms with E-state index in [9.17, 15) is 4.79 Å². The second kappa shape index (κ2) is 10.5. The third-order valence-electron chi connectivity index (χ3n) is 4.88. The number of rotatable bonds is 8. The zero-order valence-electron chi connectivity index (χ0n) is 17.9. The van der Waals surface area contributed by atoms with E-state index in [1.165, 1.54) is 0 Å². The molecule has 33 heavy (non-hydrogen) atoms. The summed E-state index contributed by atoms with van der Waals surface area (Å²) in [7, 11) is 1.63. The Hall–Kier alpha value is -3.43. The predicted octanol–water partition coefficient (Wildman–Crippen LogP) is 5.43. The molecule has 168 valence electrons. The van der Waals surface area contributed by atoms with Gasteiger partial charge in [0.15, 0.2) is 5.82 Å². The first-order chi connectivity index (χ1) is 16.0. The van der Waals surface area contributed by atoms with Crippen LogP contribution >= 0.6 is 28.1 Å². The number of para-hydroxylation sites is 1. The molecule has 0 unspecified atom stereocenters. The number of nitrogens with one attached hydrogen (secondary N) is 2. The summed E-state index contributed by atoms with van der Waals surface area (Å²) in [4.78, 5) is 12.6. The zero-order chi connectivity index (χ0) is 23.2. The molecule has 1 heterocycles. The van der Waals surface area contributed by atoms with Gasteiger partial charge in [0.25, 0.3) is 0 Å². The molecule has 1 aromatic heterocycles. The first-order valence-corrected chi connectivity index (χ1v) is 11.4. The summed E-state index contributed by atoms with van der Waals surface area (Å²) in [5.41, 5.74) is 2.51. The summed E-state index contributed by atoms with van der Waals surface area (Å²) < 4.78 is 10.0. The molecule has 7 nitrogen and oxygen atoms in total. The Labute approximate surface area is 205 Å². The van der Waals surface area contributed by atoms with Crippen molar-refractivity contribution in [2.24, 2.45) is 0 Å². The number of anilines is 2. The van der Waals surface area contributed by atoms with Crippen LogP contribution in [0.1, 0.15) is 5.82 Å². The molecule has 0 saturated carbocycles. The van der Waals surface area contributed by atoms with Gasteiger partial charge in [-0.2, -0.15) is 5.10 Å². The summed E-state index contributed by atoms with van der Waals surface area (Å²) in [6.45, 7) is 0.427. The molecular formula is C24H22BrN5O2S. The number of hydrogen-bond donors (Lipinski definition) is 2. The highest BCUT2D eigenvalue weighted by atomic mass is 79.9. The second-order valence-corrected chi connectivity index (χ2v) is 8.45.